The number of aryl methyl sites for hydroxylation is 1. The van der Waals surface area contributed by atoms with Gasteiger partial charge in [-0.15, -0.1) is 0 Å². The van der Waals surface area contributed by atoms with E-state index in [2.05, 4.69) is 22.8 Å². The van der Waals surface area contributed by atoms with E-state index in [0.717, 1.165) is 24.0 Å². The molecule has 0 aliphatic rings. The summed E-state index contributed by atoms with van der Waals surface area (Å²) in [6, 6.07) is 27.2. The first-order chi connectivity index (χ1) is 25.9. The van der Waals surface area contributed by atoms with Gasteiger partial charge in [-0.05, 0) is 65.9 Å². The quantitative estimate of drug-likeness (QED) is 0.0670. The van der Waals surface area contributed by atoms with Crippen molar-refractivity contribution in [2.45, 2.75) is 38.6 Å². The zero-order valence-electron chi connectivity index (χ0n) is 30.0. The summed E-state index contributed by atoms with van der Waals surface area (Å²) in [5.74, 6) is 0.696. The summed E-state index contributed by atoms with van der Waals surface area (Å²) >= 11 is 0. The van der Waals surface area contributed by atoms with Gasteiger partial charge in [0.25, 0.3) is 0 Å². The van der Waals surface area contributed by atoms with E-state index in [1.165, 1.54) is 29.8 Å². The maximum atomic E-state index is 13.3. The van der Waals surface area contributed by atoms with Crippen LogP contribution in [0.2, 0.25) is 0 Å². The minimum Gasteiger partial charge on any atom is -0.491 e. The summed E-state index contributed by atoms with van der Waals surface area (Å²) < 4.78 is 61.0. The van der Waals surface area contributed by atoms with Gasteiger partial charge in [-0.3, -0.25) is 4.79 Å². The number of benzene rings is 4. The van der Waals surface area contributed by atoms with Crippen molar-refractivity contribution in [3.8, 4) is 17.2 Å². The molecule has 0 aliphatic carbocycles. The highest BCUT2D eigenvalue weighted by atomic mass is 19.1. The Labute approximate surface area is 310 Å². The number of rotatable bonds is 27. The molecule has 53 heavy (non-hydrogen) atoms. The molecular weight excluding hydrogens is 686 g/mol. The van der Waals surface area contributed by atoms with Crippen LogP contribution in [0.5, 0.6) is 17.2 Å². The predicted molar refractivity (Wildman–Crippen MR) is 197 cm³/mol. The lowest BCUT2D eigenvalue weighted by molar-refractivity contribution is -0.121. The number of aliphatic hydroxyl groups is 1. The van der Waals surface area contributed by atoms with Crippen LogP contribution in [0.25, 0.3) is 0 Å². The molecule has 10 nitrogen and oxygen atoms in total. The fraction of sp³-hybridized carbons (Fsp3) is 0.390. The highest BCUT2D eigenvalue weighted by Gasteiger charge is 2.12. The Hall–Kier alpha value is -4.59. The number of amides is 1. The van der Waals surface area contributed by atoms with Gasteiger partial charge in [-0.1, -0.05) is 54.6 Å². The zero-order valence-corrected chi connectivity index (χ0v) is 30.0. The molecule has 1 amide bonds. The number of nitrogens with one attached hydrogen (secondary N) is 2. The fourth-order valence-corrected chi connectivity index (χ4v) is 4.95. The second-order valence-electron chi connectivity index (χ2n) is 12.1. The average molecular weight is 737 g/mol. The Morgan fingerprint density at radius 1 is 0.642 bits per heavy atom. The third-order valence-electron chi connectivity index (χ3n) is 7.80. The van der Waals surface area contributed by atoms with Crippen molar-refractivity contribution in [3.05, 3.63) is 125 Å². The second kappa shape index (κ2) is 24.6. The van der Waals surface area contributed by atoms with Crippen LogP contribution >= 0.6 is 0 Å². The van der Waals surface area contributed by atoms with Gasteiger partial charge >= 0.3 is 0 Å². The Bertz CT molecular complexity index is 1580. The van der Waals surface area contributed by atoms with Gasteiger partial charge in [-0.25, -0.2) is 8.78 Å². The van der Waals surface area contributed by atoms with Crippen molar-refractivity contribution in [3.63, 3.8) is 0 Å². The summed E-state index contributed by atoms with van der Waals surface area (Å²) in [4.78, 5) is 11.9. The molecule has 0 fully saturated rings. The van der Waals surface area contributed by atoms with Crippen molar-refractivity contribution >= 4 is 5.91 Å². The van der Waals surface area contributed by atoms with E-state index < -0.39 is 6.10 Å². The van der Waals surface area contributed by atoms with Crippen molar-refractivity contribution in [2.24, 2.45) is 0 Å². The first-order valence-electron chi connectivity index (χ1n) is 17.9. The molecule has 4 aromatic rings. The summed E-state index contributed by atoms with van der Waals surface area (Å²) in [6.07, 6.45) is 1.43. The zero-order chi connectivity index (χ0) is 37.4. The molecule has 0 heterocycles. The number of hydrogen-bond donors (Lipinski definition) is 3. The molecular formula is C41H50F2N2O8. The van der Waals surface area contributed by atoms with Gasteiger partial charge in [0.1, 0.15) is 43.3 Å². The van der Waals surface area contributed by atoms with Crippen LogP contribution < -0.4 is 24.8 Å². The van der Waals surface area contributed by atoms with Gasteiger partial charge in [-0.2, -0.15) is 0 Å². The van der Waals surface area contributed by atoms with Crippen LogP contribution in [0.15, 0.2) is 97.1 Å². The molecule has 4 rings (SSSR count). The van der Waals surface area contributed by atoms with Gasteiger partial charge in [0.05, 0.1) is 39.6 Å². The molecule has 0 saturated carbocycles. The van der Waals surface area contributed by atoms with Gasteiger partial charge in [0, 0.05) is 32.1 Å². The SMILES string of the molecule is O=C(CCCc1ccccc1)NCCOCCOCCOCCNC[C@@H](O)COc1ccc(OCc2ccc(F)cc2)c(OCc2ccc(F)cc2)c1. The summed E-state index contributed by atoms with van der Waals surface area (Å²) in [6.45, 7) is 4.35. The molecule has 3 N–H and O–H groups in total. The smallest absolute Gasteiger partial charge is 0.220 e. The third kappa shape index (κ3) is 17.7. The minimum atomic E-state index is -0.774. The minimum absolute atomic E-state index is 0.0331. The molecule has 1 atom stereocenters. The van der Waals surface area contributed by atoms with Crippen LogP contribution in [-0.2, 0) is 38.6 Å². The number of carbonyl (C=O) groups is 1. The number of aliphatic hydroxyl groups excluding tert-OH is 1. The Kier molecular flexibility index (Phi) is 19.1. The average Bonchev–Trinajstić information content (AvgIpc) is 3.17. The van der Waals surface area contributed by atoms with Crippen LogP contribution in [-0.4, -0.2) is 83.0 Å². The Balaban J connectivity index is 1.01. The van der Waals surface area contributed by atoms with E-state index >= 15 is 0 Å². The van der Waals surface area contributed by atoms with Gasteiger partial charge in [0.2, 0.25) is 5.91 Å². The normalized spacial score (nSPS) is 11.6. The molecule has 4 aromatic carbocycles. The lowest BCUT2D eigenvalue weighted by atomic mass is 10.1. The van der Waals surface area contributed by atoms with Crippen LogP contribution in [0, 0.1) is 11.6 Å². The molecule has 0 spiro atoms. The molecule has 0 aromatic heterocycles. The lowest BCUT2D eigenvalue weighted by Crippen LogP contribution is -2.33. The highest BCUT2D eigenvalue weighted by molar-refractivity contribution is 5.75. The number of ether oxygens (including phenoxy) is 6. The van der Waals surface area contributed by atoms with Crippen LogP contribution in [0.4, 0.5) is 8.78 Å². The molecule has 0 radical (unpaired) electrons. The maximum absolute atomic E-state index is 13.3. The summed E-state index contributed by atoms with van der Waals surface area (Å²) in [5, 5.41) is 16.4. The van der Waals surface area contributed by atoms with E-state index in [1.807, 2.05) is 18.2 Å². The van der Waals surface area contributed by atoms with E-state index in [4.69, 9.17) is 28.4 Å². The molecule has 286 valence electrons. The van der Waals surface area contributed by atoms with E-state index in [0.29, 0.717) is 82.9 Å². The standard InChI is InChI=1S/C41H50F2N2O8/c42-35-13-9-33(10-14-35)29-52-39-18-17-38(27-40(39)53-30-34-11-15-36(43)16-12-34)51-31-37(46)28-44-19-21-48-23-25-50-26-24-49-22-20-45-41(47)8-4-7-32-5-2-1-3-6-32/h1-3,5-6,9-18,27,37,44,46H,4,7-8,19-26,28-31H2,(H,45,47)/t37-/m1/s1. The molecule has 0 bridgehead atoms. The first-order valence-corrected chi connectivity index (χ1v) is 17.9. The largest absolute Gasteiger partial charge is 0.491 e. The number of hydrogen-bond acceptors (Lipinski definition) is 9. The van der Waals surface area contributed by atoms with Crippen molar-refractivity contribution < 1.29 is 47.1 Å². The van der Waals surface area contributed by atoms with Crippen molar-refractivity contribution in [1.29, 1.82) is 0 Å². The van der Waals surface area contributed by atoms with Gasteiger partial charge in [0.15, 0.2) is 11.5 Å². The van der Waals surface area contributed by atoms with Crippen LogP contribution in [0.1, 0.15) is 29.5 Å². The van der Waals surface area contributed by atoms with E-state index in [1.54, 1.807) is 42.5 Å². The number of carbonyl (C=O) groups excluding carboxylic acids is 1. The monoisotopic (exact) mass is 736 g/mol. The summed E-state index contributed by atoms with van der Waals surface area (Å²) in [7, 11) is 0. The van der Waals surface area contributed by atoms with Gasteiger partial charge < -0.3 is 44.2 Å². The summed E-state index contributed by atoms with van der Waals surface area (Å²) in [5.41, 5.74) is 2.79. The van der Waals surface area contributed by atoms with Crippen LogP contribution in [0.3, 0.4) is 0 Å². The number of halogens is 2. The molecule has 0 unspecified atom stereocenters. The van der Waals surface area contributed by atoms with Crippen molar-refractivity contribution in [1.82, 2.24) is 10.6 Å². The third-order valence-corrected chi connectivity index (χ3v) is 7.80. The topological polar surface area (TPSA) is 117 Å². The molecule has 12 heteroatoms. The molecule has 0 aliphatic heterocycles. The molecule has 0 saturated heterocycles. The second-order valence-corrected chi connectivity index (χ2v) is 12.1. The lowest BCUT2D eigenvalue weighted by Gasteiger charge is -2.17. The Morgan fingerprint density at radius 2 is 1.23 bits per heavy atom. The van der Waals surface area contributed by atoms with E-state index in [9.17, 15) is 18.7 Å². The predicted octanol–water partition coefficient (Wildman–Crippen LogP) is 5.64. The maximum Gasteiger partial charge on any atom is 0.220 e. The Morgan fingerprint density at radius 3 is 1.87 bits per heavy atom. The van der Waals surface area contributed by atoms with Crippen molar-refractivity contribution in [2.75, 3.05) is 65.9 Å². The first kappa shape index (κ1) is 41.2. The van der Waals surface area contributed by atoms with E-state index in [-0.39, 0.29) is 37.4 Å². The fourth-order valence-electron chi connectivity index (χ4n) is 4.95. The highest BCUT2D eigenvalue weighted by Crippen LogP contribution is 2.33.